The first-order valence-corrected chi connectivity index (χ1v) is 21.2. The van der Waals surface area contributed by atoms with Gasteiger partial charge < -0.3 is 69.6 Å². The van der Waals surface area contributed by atoms with Gasteiger partial charge in [-0.15, -0.1) is 0 Å². The number of ether oxygens (including phenoxy) is 5. The summed E-state index contributed by atoms with van der Waals surface area (Å²) in [7, 11) is 0. The van der Waals surface area contributed by atoms with Crippen molar-refractivity contribution in [3.05, 3.63) is 0 Å². The van der Waals surface area contributed by atoms with Crippen molar-refractivity contribution in [3.8, 4) is 0 Å². The van der Waals surface area contributed by atoms with Gasteiger partial charge in [0.25, 0.3) is 0 Å². The zero-order valence-corrected chi connectivity index (χ0v) is 34.9. The number of hydrogen-bond acceptors (Lipinski definition) is 15. The summed E-state index contributed by atoms with van der Waals surface area (Å²) in [5.41, 5.74) is -3.82. The van der Waals surface area contributed by atoms with Crippen molar-refractivity contribution >= 4 is 5.78 Å². The maximum absolute atomic E-state index is 13.9. The van der Waals surface area contributed by atoms with Crippen LogP contribution in [-0.2, 0) is 28.5 Å². The van der Waals surface area contributed by atoms with Crippen LogP contribution in [0.1, 0.15) is 107 Å². The lowest BCUT2D eigenvalue weighted by atomic mass is 9.34. The zero-order valence-electron chi connectivity index (χ0n) is 34.9. The van der Waals surface area contributed by atoms with Gasteiger partial charge >= 0.3 is 0 Å². The molecule has 0 aromatic carbocycles. The van der Waals surface area contributed by atoms with Gasteiger partial charge in [0.15, 0.2) is 12.6 Å². The molecule has 9 N–H and O–H groups in total. The van der Waals surface area contributed by atoms with Crippen LogP contribution in [0.25, 0.3) is 0 Å². The molecule has 7 aliphatic rings. The average Bonchev–Trinajstić information content (AvgIpc) is 3.73. The third-order valence-electron chi connectivity index (χ3n) is 17.2. The first-order valence-electron chi connectivity index (χ1n) is 21.2. The fraction of sp³-hybridized carbons (Fsp3) is 0.976. The van der Waals surface area contributed by atoms with E-state index in [4.69, 9.17) is 23.7 Å². The molecule has 0 amide bonds. The largest absolute Gasteiger partial charge is 0.394 e. The Morgan fingerprint density at radius 2 is 1.37 bits per heavy atom. The summed E-state index contributed by atoms with van der Waals surface area (Å²) >= 11 is 0. The van der Waals surface area contributed by atoms with Gasteiger partial charge in [-0.05, 0) is 99.7 Å². The van der Waals surface area contributed by atoms with E-state index in [0.29, 0.717) is 25.7 Å². The summed E-state index contributed by atoms with van der Waals surface area (Å²) < 4.78 is 31.7. The van der Waals surface area contributed by atoms with Crippen LogP contribution in [0, 0.1) is 45.3 Å². The Labute approximate surface area is 336 Å². The summed E-state index contributed by atoms with van der Waals surface area (Å²) in [6, 6.07) is 0. The maximum Gasteiger partial charge on any atom is 0.187 e. The molecule has 15 nitrogen and oxygen atoms in total. The Morgan fingerprint density at radius 3 is 1.96 bits per heavy atom. The van der Waals surface area contributed by atoms with Gasteiger partial charge in [0.05, 0.1) is 42.7 Å². The number of aliphatic hydroxyl groups is 9. The Morgan fingerprint density at radius 1 is 0.754 bits per heavy atom. The Bertz CT molecular complexity index is 1490. The molecule has 15 heteroatoms. The van der Waals surface area contributed by atoms with Crippen molar-refractivity contribution in [3.63, 3.8) is 0 Å². The SMILES string of the molecule is CC1(C)C(=O)CC[C@@]2(C)C1[C@@H](OC1OC(CO)C(O)C(O)C1OC1OC(CO)C(O)C(O)C1O)C[C@]1(C)C2C[C@@H](O)C2C([C@]3(C)CC[C@H](C(C)(C)O)O3)CC[C@]21C. The van der Waals surface area contributed by atoms with E-state index >= 15 is 0 Å². The van der Waals surface area contributed by atoms with Crippen molar-refractivity contribution in [1.29, 1.82) is 0 Å². The van der Waals surface area contributed by atoms with Crippen molar-refractivity contribution in [1.82, 2.24) is 0 Å². The Kier molecular flexibility index (Phi) is 11.5. The van der Waals surface area contributed by atoms with E-state index in [0.717, 1.165) is 25.7 Å². The highest BCUT2D eigenvalue weighted by Gasteiger charge is 2.74. The van der Waals surface area contributed by atoms with Crippen LogP contribution < -0.4 is 0 Å². The molecule has 4 saturated carbocycles. The van der Waals surface area contributed by atoms with E-state index in [1.165, 1.54) is 0 Å². The fourth-order valence-electron chi connectivity index (χ4n) is 14.0. The first kappa shape index (κ1) is 44.2. The molecule has 3 aliphatic heterocycles. The lowest BCUT2D eigenvalue weighted by molar-refractivity contribution is -0.381. The highest BCUT2D eigenvalue weighted by Crippen LogP contribution is 2.76. The summed E-state index contributed by atoms with van der Waals surface area (Å²) in [6.07, 6.45) is -12.6. The van der Waals surface area contributed by atoms with Crippen molar-refractivity contribution in [2.24, 2.45) is 45.3 Å². The maximum atomic E-state index is 13.9. The van der Waals surface area contributed by atoms with Gasteiger partial charge in [0, 0.05) is 17.8 Å². The molecule has 328 valence electrons. The molecule has 14 unspecified atom stereocenters. The lowest BCUT2D eigenvalue weighted by Gasteiger charge is -2.71. The summed E-state index contributed by atoms with van der Waals surface area (Å²) in [4.78, 5) is 13.9. The molecular formula is C42H70O15. The monoisotopic (exact) mass is 814 g/mol. The highest BCUT2D eigenvalue weighted by molar-refractivity contribution is 5.85. The molecule has 0 radical (unpaired) electrons. The van der Waals surface area contributed by atoms with Gasteiger partial charge in [-0.25, -0.2) is 0 Å². The molecule has 21 atom stereocenters. The molecular weight excluding hydrogens is 744 g/mol. The number of hydrogen-bond donors (Lipinski definition) is 9. The lowest BCUT2D eigenvalue weighted by Crippen LogP contribution is -2.71. The van der Waals surface area contributed by atoms with Crippen molar-refractivity contribution in [2.45, 2.75) is 198 Å². The van der Waals surface area contributed by atoms with Crippen LogP contribution in [0.5, 0.6) is 0 Å². The highest BCUT2D eigenvalue weighted by atomic mass is 16.8. The van der Waals surface area contributed by atoms with Gasteiger partial charge in [-0.2, -0.15) is 0 Å². The molecule has 7 rings (SSSR count). The van der Waals surface area contributed by atoms with Crippen molar-refractivity contribution < 1.29 is 74.4 Å². The predicted molar refractivity (Wildman–Crippen MR) is 201 cm³/mol. The van der Waals surface area contributed by atoms with Crippen LogP contribution >= 0.6 is 0 Å². The van der Waals surface area contributed by atoms with E-state index in [9.17, 15) is 50.8 Å². The standard InChI is InChI=1S/C42H70O15/c1-37(2)25(46)10-12-39(5)24-15-20(45)27-19(42(8)14-11-26(57-42)38(3,4)52)9-13-40(27,6)41(24,7)16-21(34(37)39)53-36-33(31(50)29(48)23(18-44)55-36)56-35-32(51)30(49)28(47)22(17-43)54-35/h19-24,26-36,43-45,47-52H,9-18H2,1-8H3/t19?,20-,21+,22?,23?,24?,26-,27?,28?,29?,30?,31?,32?,33?,34?,35?,36?,39-,40-,41-,42+/m1/s1. The van der Waals surface area contributed by atoms with Crippen LogP contribution in [0.2, 0.25) is 0 Å². The number of fused-ring (bicyclic) bond motifs is 5. The smallest absolute Gasteiger partial charge is 0.187 e. The molecule has 4 aliphatic carbocycles. The summed E-state index contributed by atoms with van der Waals surface area (Å²) in [5.74, 6) is -0.433. The third-order valence-corrected chi connectivity index (χ3v) is 17.2. The summed E-state index contributed by atoms with van der Waals surface area (Å²) in [5, 5.41) is 97.7. The van der Waals surface area contributed by atoms with Gasteiger partial charge in [0.1, 0.15) is 54.6 Å². The first-order chi connectivity index (χ1) is 26.4. The molecule has 7 fully saturated rings. The van der Waals surface area contributed by atoms with Gasteiger partial charge in [-0.3, -0.25) is 4.79 Å². The minimum absolute atomic E-state index is 0.00955. The van der Waals surface area contributed by atoms with Crippen LogP contribution in [-0.4, -0.2) is 156 Å². The minimum atomic E-state index is -1.82. The number of carbonyl (C=O) groups excluding carboxylic acids is 1. The van der Waals surface area contributed by atoms with Gasteiger partial charge in [-0.1, -0.05) is 34.6 Å². The normalized spacial score (nSPS) is 55.2. The second-order valence-corrected chi connectivity index (χ2v) is 21.0. The molecule has 0 bridgehead atoms. The molecule has 57 heavy (non-hydrogen) atoms. The fourth-order valence-corrected chi connectivity index (χ4v) is 14.0. The predicted octanol–water partition coefficient (Wildman–Crippen LogP) is 0.539. The third kappa shape index (κ3) is 6.72. The number of ketones is 1. The quantitative estimate of drug-likeness (QED) is 0.152. The molecule has 3 heterocycles. The molecule has 0 aromatic rings. The van der Waals surface area contributed by atoms with Crippen molar-refractivity contribution in [2.75, 3.05) is 13.2 Å². The van der Waals surface area contributed by atoms with E-state index in [2.05, 4.69) is 27.7 Å². The van der Waals surface area contributed by atoms with Gasteiger partial charge in [0.2, 0.25) is 0 Å². The number of rotatable bonds is 8. The second-order valence-electron chi connectivity index (χ2n) is 21.0. The minimum Gasteiger partial charge on any atom is -0.394 e. The van der Waals surface area contributed by atoms with Crippen LogP contribution in [0.15, 0.2) is 0 Å². The van der Waals surface area contributed by atoms with Crippen LogP contribution in [0.4, 0.5) is 0 Å². The molecule has 3 saturated heterocycles. The number of aliphatic hydroxyl groups excluding tert-OH is 8. The van der Waals surface area contributed by atoms with E-state index in [1.54, 1.807) is 13.8 Å². The Hall–Kier alpha value is -0.890. The van der Waals surface area contributed by atoms with E-state index in [1.807, 2.05) is 13.8 Å². The Balaban J connectivity index is 1.26. The van der Waals surface area contributed by atoms with E-state index in [-0.39, 0.29) is 29.6 Å². The molecule has 0 aromatic heterocycles. The second kappa shape index (κ2) is 14.9. The average molecular weight is 815 g/mol. The summed E-state index contributed by atoms with van der Waals surface area (Å²) in [6.45, 7) is 14.9. The van der Waals surface area contributed by atoms with E-state index < -0.39 is 126 Å². The zero-order chi connectivity index (χ0) is 42.0. The molecule has 0 spiro atoms. The topological polar surface area (TPSA) is 245 Å². The number of Topliss-reactive ketones (excluding diaryl/α,β-unsaturated/α-hetero) is 1. The van der Waals surface area contributed by atoms with Crippen LogP contribution in [0.3, 0.4) is 0 Å². The number of carbonyl (C=O) groups is 1.